The molecule has 0 saturated carbocycles. The second-order valence-corrected chi connectivity index (χ2v) is 8.25. The summed E-state index contributed by atoms with van der Waals surface area (Å²) >= 11 is 1.43. The monoisotopic (exact) mass is 471 g/mol. The van der Waals surface area contributed by atoms with E-state index in [0.717, 1.165) is 27.7 Å². The molecule has 0 aliphatic carbocycles. The number of nitriles is 1. The first-order valence-corrected chi connectivity index (χ1v) is 11.6. The van der Waals surface area contributed by atoms with E-state index in [4.69, 9.17) is 5.26 Å². The minimum Gasteiger partial charge on any atom is -0.256 e. The van der Waals surface area contributed by atoms with Gasteiger partial charge in [-0.3, -0.25) is 4.99 Å². The fraction of sp³-hybridized carbons (Fsp3) is 0. The van der Waals surface area contributed by atoms with Crippen molar-refractivity contribution >= 4 is 56.2 Å². The van der Waals surface area contributed by atoms with Gasteiger partial charge in [-0.1, -0.05) is 36.4 Å². The predicted molar refractivity (Wildman–Crippen MR) is 139 cm³/mol. The molecule has 0 fully saturated rings. The highest BCUT2D eigenvalue weighted by Gasteiger charge is 2.05. The number of aromatic nitrogens is 1. The van der Waals surface area contributed by atoms with Crippen molar-refractivity contribution in [1.29, 1.82) is 5.26 Å². The van der Waals surface area contributed by atoms with Gasteiger partial charge in [0.25, 0.3) is 0 Å². The van der Waals surface area contributed by atoms with E-state index in [-0.39, 0.29) is 0 Å². The van der Waals surface area contributed by atoms with E-state index < -0.39 is 0 Å². The molecule has 0 unspecified atom stereocenters. The van der Waals surface area contributed by atoms with E-state index in [9.17, 15) is 0 Å². The van der Waals surface area contributed by atoms with Crippen LogP contribution >= 0.6 is 11.3 Å². The molecule has 0 aliphatic rings. The van der Waals surface area contributed by atoms with Crippen LogP contribution in [0.1, 0.15) is 11.1 Å². The van der Waals surface area contributed by atoms with Crippen LogP contribution < -0.4 is 0 Å². The first-order valence-electron chi connectivity index (χ1n) is 10.7. The molecule has 166 valence electrons. The topological polar surface area (TPSA) is 98.5 Å². The van der Waals surface area contributed by atoms with Gasteiger partial charge in [0.1, 0.15) is 0 Å². The molecule has 0 aliphatic heterocycles. The third-order valence-electron chi connectivity index (χ3n) is 5.06. The fourth-order valence-corrected chi connectivity index (χ4v) is 3.77. The van der Waals surface area contributed by atoms with Crippen molar-refractivity contribution in [2.45, 2.75) is 0 Å². The van der Waals surface area contributed by atoms with Gasteiger partial charge in [0.2, 0.25) is 5.13 Å². The maximum absolute atomic E-state index is 8.95. The number of hydrogen-bond acceptors (Lipinski definition) is 8. The van der Waals surface area contributed by atoms with Gasteiger partial charge in [-0.15, -0.1) is 26.7 Å². The maximum Gasteiger partial charge on any atom is 0.229 e. The Kier molecular flexibility index (Phi) is 6.51. The molecule has 1 aromatic heterocycles. The van der Waals surface area contributed by atoms with Crippen LogP contribution in [0.2, 0.25) is 0 Å². The number of thiazole rings is 1. The van der Waals surface area contributed by atoms with Crippen LogP contribution in [0.5, 0.6) is 0 Å². The van der Waals surface area contributed by atoms with Crippen LogP contribution in [-0.4, -0.2) is 11.2 Å². The van der Waals surface area contributed by atoms with Crippen molar-refractivity contribution in [1.82, 2.24) is 4.98 Å². The summed E-state index contributed by atoms with van der Waals surface area (Å²) < 4.78 is 0. The summed E-state index contributed by atoms with van der Waals surface area (Å²) in [7, 11) is 0. The SMILES string of the molecule is N#Cc1ccc(/C=N/c2ccc(/N=N/c3ccc(/N=N/c4nccs4)cc3)c3ccccc23)cc1. The van der Waals surface area contributed by atoms with E-state index in [2.05, 4.69) is 36.5 Å². The number of fused-ring (bicyclic) bond motifs is 1. The Morgan fingerprint density at radius 2 is 1.37 bits per heavy atom. The lowest BCUT2D eigenvalue weighted by Crippen LogP contribution is -1.82. The van der Waals surface area contributed by atoms with E-state index >= 15 is 0 Å². The molecular formula is C27H17N7S. The highest BCUT2D eigenvalue weighted by atomic mass is 32.1. The lowest BCUT2D eigenvalue weighted by molar-refractivity contribution is 1.19. The average Bonchev–Trinajstić information content (AvgIpc) is 3.44. The number of rotatable bonds is 6. The van der Waals surface area contributed by atoms with Gasteiger partial charge in [0.15, 0.2) is 0 Å². The molecule has 0 N–H and O–H groups in total. The van der Waals surface area contributed by atoms with Crippen LogP contribution in [0.15, 0.2) is 122 Å². The summed E-state index contributed by atoms with van der Waals surface area (Å²) in [5.41, 5.74) is 4.56. The summed E-state index contributed by atoms with van der Waals surface area (Å²) in [5, 5.41) is 30.5. The summed E-state index contributed by atoms with van der Waals surface area (Å²) in [6.07, 6.45) is 3.48. The molecule has 5 rings (SSSR count). The number of azo groups is 2. The largest absolute Gasteiger partial charge is 0.256 e. The Morgan fingerprint density at radius 3 is 2.03 bits per heavy atom. The number of aliphatic imine (C=N–C) groups is 1. The van der Waals surface area contributed by atoms with Crippen LogP contribution in [0.4, 0.5) is 27.9 Å². The minimum absolute atomic E-state index is 0.616. The smallest absolute Gasteiger partial charge is 0.229 e. The van der Waals surface area contributed by atoms with E-state index in [1.165, 1.54) is 11.3 Å². The highest BCUT2D eigenvalue weighted by molar-refractivity contribution is 7.13. The van der Waals surface area contributed by atoms with Crippen molar-refractivity contribution in [2.24, 2.45) is 25.4 Å². The van der Waals surface area contributed by atoms with Gasteiger partial charge in [-0.25, -0.2) is 4.98 Å². The first kappa shape index (κ1) is 21.9. The second kappa shape index (κ2) is 10.4. The third kappa shape index (κ3) is 5.38. The number of hydrogen-bond donors (Lipinski definition) is 0. The zero-order valence-electron chi connectivity index (χ0n) is 18.4. The van der Waals surface area contributed by atoms with Gasteiger partial charge in [0.05, 0.1) is 34.4 Å². The van der Waals surface area contributed by atoms with Crippen LogP contribution in [0, 0.1) is 11.3 Å². The second-order valence-electron chi connectivity index (χ2n) is 7.37. The number of nitrogens with zero attached hydrogens (tertiary/aromatic N) is 7. The molecular weight excluding hydrogens is 454 g/mol. The summed E-state index contributed by atoms with van der Waals surface area (Å²) in [6, 6.07) is 28.6. The van der Waals surface area contributed by atoms with Gasteiger partial charge in [0, 0.05) is 28.6 Å². The third-order valence-corrected chi connectivity index (χ3v) is 5.72. The fourth-order valence-electron chi connectivity index (χ4n) is 3.32. The summed E-state index contributed by atoms with van der Waals surface area (Å²) in [5.74, 6) is 0. The van der Waals surface area contributed by atoms with Gasteiger partial charge in [-0.05, 0) is 54.1 Å². The molecule has 5 aromatic rings. The van der Waals surface area contributed by atoms with Crippen molar-refractivity contribution in [3.63, 3.8) is 0 Å². The molecule has 7 nitrogen and oxygen atoms in total. The molecule has 0 amide bonds. The predicted octanol–water partition coefficient (Wildman–Crippen LogP) is 8.75. The number of benzene rings is 4. The van der Waals surface area contributed by atoms with E-state index in [1.54, 1.807) is 24.5 Å². The molecule has 0 spiro atoms. The quantitative estimate of drug-likeness (QED) is 0.183. The molecule has 4 aromatic carbocycles. The summed E-state index contributed by atoms with van der Waals surface area (Å²) in [6.45, 7) is 0. The van der Waals surface area contributed by atoms with Crippen molar-refractivity contribution in [2.75, 3.05) is 0 Å². The highest BCUT2D eigenvalue weighted by Crippen LogP contribution is 2.34. The molecule has 35 heavy (non-hydrogen) atoms. The Labute approximate surface area is 205 Å². The Balaban J connectivity index is 1.36. The van der Waals surface area contributed by atoms with Gasteiger partial charge >= 0.3 is 0 Å². The average molecular weight is 472 g/mol. The van der Waals surface area contributed by atoms with Crippen molar-refractivity contribution < 1.29 is 0 Å². The standard InChI is InChI=1S/C27H17N7S/c28-17-19-5-7-20(8-6-19)18-30-25-13-14-26(24-4-2-1-3-23(24)25)33-31-21-9-11-22(12-10-21)32-34-27-29-15-16-35-27/h1-16,18H/b30-18+,33-31+,34-32+. The minimum atomic E-state index is 0.616. The lowest BCUT2D eigenvalue weighted by Gasteiger charge is -2.05. The molecule has 0 atom stereocenters. The molecule has 8 heteroatoms. The van der Waals surface area contributed by atoms with Crippen molar-refractivity contribution in [3.05, 3.63) is 108 Å². The molecule has 0 bridgehead atoms. The van der Waals surface area contributed by atoms with Crippen LogP contribution in [0.25, 0.3) is 10.8 Å². The zero-order valence-corrected chi connectivity index (χ0v) is 19.2. The van der Waals surface area contributed by atoms with Gasteiger partial charge in [-0.2, -0.15) is 10.4 Å². The maximum atomic E-state index is 8.95. The molecule has 0 saturated heterocycles. The molecule has 1 heterocycles. The lowest BCUT2D eigenvalue weighted by atomic mass is 10.1. The van der Waals surface area contributed by atoms with Gasteiger partial charge < -0.3 is 0 Å². The van der Waals surface area contributed by atoms with Crippen LogP contribution in [0.3, 0.4) is 0 Å². The first-order chi connectivity index (χ1) is 17.3. The van der Waals surface area contributed by atoms with E-state index in [0.29, 0.717) is 22.1 Å². The van der Waals surface area contributed by atoms with Crippen LogP contribution in [-0.2, 0) is 0 Å². The Hall–Kier alpha value is -4.87. The zero-order chi connectivity index (χ0) is 23.9. The van der Waals surface area contributed by atoms with Crippen molar-refractivity contribution in [3.8, 4) is 6.07 Å². The molecule has 0 radical (unpaired) electrons. The normalized spacial score (nSPS) is 11.6. The van der Waals surface area contributed by atoms with E-state index in [1.807, 2.05) is 78.2 Å². The Bertz CT molecular complexity index is 1580. The Morgan fingerprint density at radius 1 is 0.714 bits per heavy atom. The summed E-state index contributed by atoms with van der Waals surface area (Å²) in [4.78, 5) is 8.74.